The first-order chi connectivity index (χ1) is 16.5. The van der Waals surface area contributed by atoms with Crippen molar-refractivity contribution >= 4 is 28.4 Å². The molecule has 3 aromatic rings. The molecule has 0 fully saturated rings. The molecule has 0 aliphatic rings. The number of unbranched alkanes of at least 4 members (excludes halogenated alkanes) is 3. The van der Waals surface area contributed by atoms with E-state index in [2.05, 4.69) is 13.8 Å². The van der Waals surface area contributed by atoms with Gasteiger partial charge in [0.2, 0.25) is 5.91 Å². The summed E-state index contributed by atoms with van der Waals surface area (Å²) in [5.74, 6) is 1.09. The Labute approximate surface area is 207 Å². The average Bonchev–Trinajstić information content (AvgIpc) is 2.87. The van der Waals surface area contributed by atoms with Gasteiger partial charge in [-0.15, -0.1) is 11.6 Å². The Balaban J connectivity index is 2.11. The fourth-order valence-corrected chi connectivity index (χ4v) is 4.44. The van der Waals surface area contributed by atoms with Crippen LogP contribution in [0, 0.1) is 0 Å². The normalized spacial score (nSPS) is 12.1. The number of alkyl halides is 1. The Bertz CT molecular complexity index is 1140. The van der Waals surface area contributed by atoms with Gasteiger partial charge in [0.05, 0.1) is 22.6 Å². The highest BCUT2D eigenvalue weighted by Crippen LogP contribution is 2.25. The zero-order valence-electron chi connectivity index (χ0n) is 20.6. The molecular weight excluding hydrogens is 446 g/mol. The Hall–Kier alpha value is -2.66. The Morgan fingerprint density at radius 2 is 1.76 bits per heavy atom. The third-order valence-corrected chi connectivity index (χ3v) is 6.61. The van der Waals surface area contributed by atoms with Gasteiger partial charge >= 0.3 is 0 Å². The van der Waals surface area contributed by atoms with E-state index in [1.165, 1.54) is 5.56 Å². The van der Waals surface area contributed by atoms with Crippen LogP contribution in [0.5, 0.6) is 0 Å². The smallest absolute Gasteiger partial charge is 0.266 e. The van der Waals surface area contributed by atoms with Gasteiger partial charge in [-0.3, -0.25) is 14.2 Å². The van der Waals surface area contributed by atoms with Gasteiger partial charge in [0.15, 0.2) is 0 Å². The number of nitrogens with zero attached hydrogens (tertiary/aromatic N) is 3. The van der Waals surface area contributed by atoms with Crippen molar-refractivity contribution in [2.24, 2.45) is 0 Å². The van der Waals surface area contributed by atoms with E-state index in [4.69, 9.17) is 16.6 Å². The highest BCUT2D eigenvalue weighted by atomic mass is 35.5. The molecule has 182 valence electrons. The lowest BCUT2D eigenvalue weighted by molar-refractivity contribution is -0.133. The Morgan fingerprint density at radius 1 is 1.03 bits per heavy atom. The van der Waals surface area contributed by atoms with Crippen molar-refractivity contribution in [1.29, 1.82) is 0 Å². The second kappa shape index (κ2) is 12.7. The fourth-order valence-electron chi connectivity index (χ4n) is 4.30. The molecule has 2 aromatic carbocycles. The molecule has 0 bridgehead atoms. The van der Waals surface area contributed by atoms with Gasteiger partial charge in [-0.05, 0) is 56.0 Å². The second-order valence-corrected chi connectivity index (χ2v) is 9.14. The summed E-state index contributed by atoms with van der Waals surface area (Å²) < 4.78 is 1.68. The number of amides is 1. The van der Waals surface area contributed by atoms with Crippen molar-refractivity contribution in [3.8, 4) is 5.69 Å². The molecule has 6 heteroatoms. The van der Waals surface area contributed by atoms with Crippen LogP contribution >= 0.6 is 11.6 Å². The topological polar surface area (TPSA) is 55.2 Å². The van der Waals surface area contributed by atoms with E-state index < -0.39 is 0 Å². The number of aryl methyl sites for hydroxylation is 1. The maximum atomic E-state index is 13.7. The van der Waals surface area contributed by atoms with Crippen LogP contribution in [0.1, 0.15) is 76.7 Å². The number of carbonyl (C=O) groups is 1. The van der Waals surface area contributed by atoms with E-state index in [1.807, 2.05) is 60.4 Å². The van der Waals surface area contributed by atoms with E-state index in [0.717, 1.165) is 37.8 Å². The minimum atomic E-state index is -0.354. The van der Waals surface area contributed by atoms with Crippen LogP contribution in [-0.4, -0.2) is 32.8 Å². The SMILES string of the molecule is CCCCCCN(C(=O)CCCCl)C(C)c1nc2ccccc2c(=O)n1-c1ccc(CC)cc1. The highest BCUT2D eigenvalue weighted by Gasteiger charge is 2.26. The van der Waals surface area contributed by atoms with E-state index in [1.54, 1.807) is 4.57 Å². The van der Waals surface area contributed by atoms with Gasteiger partial charge in [0.1, 0.15) is 5.82 Å². The van der Waals surface area contributed by atoms with Crippen molar-refractivity contribution in [2.75, 3.05) is 12.4 Å². The summed E-state index contributed by atoms with van der Waals surface area (Å²) in [6.45, 7) is 6.90. The van der Waals surface area contributed by atoms with E-state index in [0.29, 0.717) is 42.0 Å². The third kappa shape index (κ3) is 6.06. The molecular formula is C28H36ClN3O2. The summed E-state index contributed by atoms with van der Waals surface area (Å²) in [6, 6.07) is 15.1. The molecule has 0 saturated carbocycles. The maximum absolute atomic E-state index is 13.7. The van der Waals surface area contributed by atoms with Crippen molar-refractivity contribution in [2.45, 2.75) is 71.8 Å². The van der Waals surface area contributed by atoms with Crippen LogP contribution < -0.4 is 5.56 Å². The fraction of sp³-hybridized carbons (Fsp3) is 0.464. The van der Waals surface area contributed by atoms with Crippen LogP contribution in [0.2, 0.25) is 0 Å². The molecule has 3 rings (SSSR count). The molecule has 1 unspecified atom stereocenters. The van der Waals surface area contributed by atoms with Crippen molar-refractivity contribution in [1.82, 2.24) is 14.5 Å². The predicted octanol–water partition coefficient (Wildman–Crippen LogP) is 6.44. The number of fused-ring (bicyclic) bond motifs is 1. The first-order valence-corrected chi connectivity index (χ1v) is 13.0. The summed E-state index contributed by atoms with van der Waals surface area (Å²) in [5, 5.41) is 0.570. The summed E-state index contributed by atoms with van der Waals surface area (Å²) in [5.41, 5.74) is 2.50. The van der Waals surface area contributed by atoms with E-state index in [-0.39, 0.29) is 17.5 Å². The molecule has 0 radical (unpaired) electrons. The number of hydrogen-bond acceptors (Lipinski definition) is 3. The zero-order chi connectivity index (χ0) is 24.5. The first kappa shape index (κ1) is 26.0. The van der Waals surface area contributed by atoms with Crippen molar-refractivity contribution in [3.05, 3.63) is 70.3 Å². The summed E-state index contributed by atoms with van der Waals surface area (Å²) >= 11 is 5.88. The lowest BCUT2D eigenvalue weighted by Crippen LogP contribution is -2.38. The number of carbonyl (C=O) groups excluding carboxylic acids is 1. The molecule has 0 saturated heterocycles. The zero-order valence-corrected chi connectivity index (χ0v) is 21.4. The minimum absolute atomic E-state index is 0.0555. The maximum Gasteiger partial charge on any atom is 0.266 e. The molecule has 0 aliphatic carbocycles. The lowest BCUT2D eigenvalue weighted by atomic mass is 10.1. The second-order valence-electron chi connectivity index (χ2n) is 8.76. The Kier molecular flexibility index (Phi) is 9.70. The molecule has 0 N–H and O–H groups in total. The van der Waals surface area contributed by atoms with Gasteiger partial charge in [-0.2, -0.15) is 0 Å². The lowest BCUT2D eigenvalue weighted by Gasteiger charge is -2.31. The summed E-state index contributed by atoms with van der Waals surface area (Å²) in [6.07, 6.45) is 6.22. The number of halogens is 1. The third-order valence-electron chi connectivity index (χ3n) is 6.34. The van der Waals surface area contributed by atoms with Crippen molar-refractivity contribution < 1.29 is 4.79 Å². The van der Waals surface area contributed by atoms with Crippen LogP contribution in [0.15, 0.2) is 53.3 Å². The van der Waals surface area contributed by atoms with Crippen LogP contribution in [0.25, 0.3) is 16.6 Å². The number of benzene rings is 2. The summed E-state index contributed by atoms with van der Waals surface area (Å²) in [7, 11) is 0. The number of aromatic nitrogens is 2. The number of para-hydroxylation sites is 1. The highest BCUT2D eigenvalue weighted by molar-refractivity contribution is 6.17. The molecule has 1 aromatic heterocycles. The standard InChI is InChI=1S/C28H36ClN3O2/c1-4-6-7-10-20-31(26(33)14-11-19-29)21(3)27-30-25-13-9-8-12-24(25)28(34)32(27)23-17-15-22(5-2)16-18-23/h8-9,12-13,15-18,21H,4-7,10-11,14,19-20H2,1-3H3. The van der Waals surface area contributed by atoms with E-state index in [9.17, 15) is 9.59 Å². The quantitative estimate of drug-likeness (QED) is 0.221. The predicted molar refractivity (Wildman–Crippen MR) is 141 cm³/mol. The molecule has 5 nitrogen and oxygen atoms in total. The van der Waals surface area contributed by atoms with Gasteiger partial charge in [0.25, 0.3) is 5.56 Å². The number of rotatable bonds is 12. The number of hydrogen-bond donors (Lipinski definition) is 0. The molecule has 1 heterocycles. The monoisotopic (exact) mass is 481 g/mol. The Morgan fingerprint density at radius 3 is 2.44 bits per heavy atom. The van der Waals surface area contributed by atoms with E-state index >= 15 is 0 Å². The van der Waals surface area contributed by atoms with Crippen LogP contribution in [-0.2, 0) is 11.2 Å². The van der Waals surface area contributed by atoms with Crippen LogP contribution in [0.3, 0.4) is 0 Å². The van der Waals surface area contributed by atoms with Crippen molar-refractivity contribution in [3.63, 3.8) is 0 Å². The first-order valence-electron chi connectivity index (χ1n) is 12.5. The van der Waals surface area contributed by atoms with Gasteiger partial charge in [-0.1, -0.05) is 57.4 Å². The largest absolute Gasteiger partial charge is 0.333 e. The molecule has 34 heavy (non-hydrogen) atoms. The van der Waals surface area contributed by atoms with Gasteiger partial charge in [0, 0.05) is 18.8 Å². The van der Waals surface area contributed by atoms with Crippen LogP contribution in [0.4, 0.5) is 0 Å². The molecule has 1 amide bonds. The minimum Gasteiger partial charge on any atom is -0.333 e. The molecule has 0 spiro atoms. The molecule has 1 atom stereocenters. The van der Waals surface area contributed by atoms with Gasteiger partial charge in [-0.25, -0.2) is 4.98 Å². The molecule has 0 aliphatic heterocycles. The summed E-state index contributed by atoms with van der Waals surface area (Å²) in [4.78, 5) is 33.7. The average molecular weight is 482 g/mol. The van der Waals surface area contributed by atoms with Gasteiger partial charge < -0.3 is 4.90 Å².